The van der Waals surface area contributed by atoms with Crippen molar-refractivity contribution in [3.63, 3.8) is 0 Å². The van der Waals surface area contributed by atoms with Crippen LogP contribution in [0.4, 0.5) is 8.78 Å². The molecular formula is C8H15F2OP. The molecule has 0 saturated heterocycles. The molecule has 0 radical (unpaired) electrons. The first-order chi connectivity index (χ1) is 5.54. The Kier molecular flexibility index (Phi) is 3.42. The molecule has 1 unspecified atom stereocenters. The Morgan fingerprint density at radius 2 is 1.75 bits per heavy atom. The second kappa shape index (κ2) is 3.97. The summed E-state index contributed by atoms with van der Waals surface area (Å²) >= 11 is 0. The van der Waals surface area contributed by atoms with Crippen LogP contribution in [0.3, 0.4) is 0 Å². The summed E-state index contributed by atoms with van der Waals surface area (Å²) < 4.78 is 30.6. The average Bonchev–Trinajstić information content (AvgIpc) is 2.03. The van der Waals surface area contributed by atoms with Crippen LogP contribution in [0.15, 0.2) is 0 Å². The highest BCUT2D eigenvalue weighted by Crippen LogP contribution is 2.41. The number of hydrogen-bond donors (Lipinski definition) is 0. The van der Waals surface area contributed by atoms with E-state index < -0.39 is 11.6 Å². The van der Waals surface area contributed by atoms with Crippen LogP contribution in [0.2, 0.25) is 0 Å². The predicted octanol–water partition coefficient (Wildman–Crippen LogP) is 2.66. The number of methoxy groups -OCH3 is 1. The first-order valence-electron chi connectivity index (χ1n) is 4.23. The molecule has 0 aromatic rings. The second-order valence-corrected chi connectivity index (χ2v) is 4.15. The van der Waals surface area contributed by atoms with Crippen LogP contribution in [-0.4, -0.2) is 18.9 Å². The number of hydrogen-bond acceptors (Lipinski definition) is 1. The van der Waals surface area contributed by atoms with Gasteiger partial charge in [-0.2, -0.15) is 0 Å². The van der Waals surface area contributed by atoms with Gasteiger partial charge in [-0.3, -0.25) is 0 Å². The monoisotopic (exact) mass is 196 g/mol. The fourth-order valence-corrected chi connectivity index (χ4v) is 2.02. The molecule has 1 atom stereocenters. The second-order valence-electron chi connectivity index (χ2n) is 3.38. The van der Waals surface area contributed by atoms with E-state index in [9.17, 15) is 8.78 Å². The average molecular weight is 196 g/mol. The van der Waals surface area contributed by atoms with Gasteiger partial charge in [-0.25, -0.2) is 8.78 Å². The first-order valence-corrected chi connectivity index (χ1v) is 4.81. The van der Waals surface area contributed by atoms with E-state index in [0.29, 0.717) is 12.8 Å². The van der Waals surface area contributed by atoms with Crippen LogP contribution in [0.25, 0.3) is 0 Å². The standard InChI is InChI=1S/C8H15F2OP/c1-11-7-4-2-6(3-5-7)8(9,10)12/h6-7H,2-5,12H2,1H3/t6-,7-. The zero-order valence-electron chi connectivity index (χ0n) is 7.22. The van der Waals surface area contributed by atoms with Crippen molar-refractivity contribution in [1.29, 1.82) is 0 Å². The Hall–Kier alpha value is 0.250. The zero-order valence-corrected chi connectivity index (χ0v) is 8.38. The maximum Gasteiger partial charge on any atom is 0.261 e. The summed E-state index contributed by atoms with van der Waals surface area (Å²) in [5.41, 5.74) is -2.58. The lowest BCUT2D eigenvalue weighted by Gasteiger charge is -2.30. The summed E-state index contributed by atoms with van der Waals surface area (Å²) in [6, 6.07) is 0. The Balaban J connectivity index is 2.36. The molecule has 0 aromatic carbocycles. The molecule has 72 valence electrons. The molecule has 0 aromatic heterocycles. The highest BCUT2D eigenvalue weighted by atomic mass is 31.0. The normalized spacial score (nSPS) is 32.0. The van der Waals surface area contributed by atoms with Crippen LogP contribution in [0.1, 0.15) is 25.7 Å². The van der Waals surface area contributed by atoms with Gasteiger partial charge >= 0.3 is 0 Å². The maximum atomic E-state index is 12.8. The maximum absolute atomic E-state index is 12.8. The number of alkyl halides is 2. The van der Waals surface area contributed by atoms with Gasteiger partial charge in [0.25, 0.3) is 5.66 Å². The molecule has 1 nitrogen and oxygen atoms in total. The summed E-state index contributed by atoms with van der Waals surface area (Å²) in [6.07, 6.45) is 2.90. The minimum absolute atomic E-state index is 0.202. The lowest BCUT2D eigenvalue weighted by atomic mass is 9.87. The van der Waals surface area contributed by atoms with Crippen molar-refractivity contribution in [2.45, 2.75) is 37.5 Å². The molecular weight excluding hydrogens is 181 g/mol. The highest BCUT2D eigenvalue weighted by Gasteiger charge is 2.36. The van der Waals surface area contributed by atoms with Gasteiger partial charge < -0.3 is 4.74 Å². The van der Waals surface area contributed by atoms with E-state index in [0.717, 1.165) is 12.8 Å². The molecule has 0 spiro atoms. The number of halogens is 2. The quantitative estimate of drug-likeness (QED) is 0.617. The van der Waals surface area contributed by atoms with Crippen LogP contribution in [0.5, 0.6) is 0 Å². The lowest BCUT2D eigenvalue weighted by Crippen LogP contribution is -2.29. The third-order valence-corrected chi connectivity index (χ3v) is 3.02. The van der Waals surface area contributed by atoms with Gasteiger partial charge in [0.2, 0.25) is 0 Å². The van der Waals surface area contributed by atoms with E-state index in [4.69, 9.17) is 4.74 Å². The molecule has 0 N–H and O–H groups in total. The van der Waals surface area contributed by atoms with Gasteiger partial charge in [0, 0.05) is 13.0 Å². The summed E-state index contributed by atoms with van der Waals surface area (Å²) in [4.78, 5) is 0. The SMILES string of the molecule is CO[C@H]1CC[C@H](C(F)(F)P)CC1. The predicted molar refractivity (Wildman–Crippen MR) is 47.4 cm³/mol. The fraction of sp³-hybridized carbons (Fsp3) is 1.00. The highest BCUT2D eigenvalue weighted by molar-refractivity contribution is 7.18. The van der Waals surface area contributed by atoms with E-state index in [-0.39, 0.29) is 6.10 Å². The van der Waals surface area contributed by atoms with Gasteiger partial charge in [-0.05, 0) is 25.7 Å². The molecule has 4 heteroatoms. The van der Waals surface area contributed by atoms with Crippen LogP contribution in [0, 0.1) is 5.92 Å². The topological polar surface area (TPSA) is 9.23 Å². The largest absolute Gasteiger partial charge is 0.381 e. The van der Waals surface area contributed by atoms with Crippen molar-refractivity contribution in [2.75, 3.05) is 7.11 Å². The summed E-state index contributed by atoms with van der Waals surface area (Å²) in [5.74, 6) is -0.464. The van der Waals surface area contributed by atoms with Gasteiger partial charge in [-0.1, -0.05) is 9.24 Å². The summed E-state index contributed by atoms with van der Waals surface area (Å²) in [7, 11) is 3.28. The summed E-state index contributed by atoms with van der Waals surface area (Å²) in [6.45, 7) is 0. The third-order valence-electron chi connectivity index (χ3n) is 2.55. The van der Waals surface area contributed by atoms with Crippen molar-refractivity contribution < 1.29 is 13.5 Å². The molecule has 12 heavy (non-hydrogen) atoms. The van der Waals surface area contributed by atoms with Gasteiger partial charge in [0.05, 0.1) is 6.10 Å². The van der Waals surface area contributed by atoms with Crippen molar-refractivity contribution >= 4 is 9.24 Å². The number of ether oxygens (including phenoxy) is 1. The lowest BCUT2D eigenvalue weighted by molar-refractivity contribution is -0.0166. The molecule has 0 heterocycles. The third kappa shape index (κ3) is 2.63. The fourth-order valence-electron chi connectivity index (χ4n) is 1.68. The van der Waals surface area contributed by atoms with E-state index in [1.54, 1.807) is 16.3 Å². The van der Waals surface area contributed by atoms with E-state index in [1.165, 1.54) is 0 Å². The van der Waals surface area contributed by atoms with Crippen molar-refractivity contribution in [3.05, 3.63) is 0 Å². The Morgan fingerprint density at radius 1 is 1.25 bits per heavy atom. The van der Waals surface area contributed by atoms with Crippen molar-refractivity contribution in [3.8, 4) is 0 Å². The van der Waals surface area contributed by atoms with Gasteiger partial charge in [0.1, 0.15) is 0 Å². The van der Waals surface area contributed by atoms with Gasteiger partial charge in [0.15, 0.2) is 0 Å². The molecule has 1 aliphatic carbocycles. The van der Waals surface area contributed by atoms with Crippen LogP contribution in [-0.2, 0) is 4.74 Å². The molecule has 1 rings (SSSR count). The van der Waals surface area contributed by atoms with E-state index in [1.807, 2.05) is 0 Å². The molecule has 1 aliphatic rings. The smallest absolute Gasteiger partial charge is 0.261 e. The van der Waals surface area contributed by atoms with Crippen LogP contribution < -0.4 is 0 Å². The number of rotatable bonds is 2. The first kappa shape index (κ1) is 10.3. The van der Waals surface area contributed by atoms with Crippen LogP contribution >= 0.6 is 9.24 Å². The van der Waals surface area contributed by atoms with E-state index in [2.05, 4.69) is 0 Å². The Bertz CT molecular complexity index is 138. The zero-order chi connectivity index (χ0) is 9.19. The van der Waals surface area contributed by atoms with E-state index >= 15 is 0 Å². The molecule has 0 aliphatic heterocycles. The van der Waals surface area contributed by atoms with Crippen molar-refractivity contribution in [1.82, 2.24) is 0 Å². The molecule has 1 saturated carbocycles. The van der Waals surface area contributed by atoms with Crippen molar-refractivity contribution in [2.24, 2.45) is 5.92 Å². The van der Waals surface area contributed by atoms with Gasteiger partial charge in [-0.15, -0.1) is 0 Å². The Morgan fingerprint density at radius 3 is 2.08 bits per heavy atom. The molecule has 0 bridgehead atoms. The minimum Gasteiger partial charge on any atom is -0.381 e. The Labute approximate surface area is 74.1 Å². The summed E-state index contributed by atoms with van der Waals surface area (Å²) in [5, 5.41) is 0. The molecule has 1 fully saturated rings. The minimum atomic E-state index is -2.58. The molecule has 0 amide bonds.